The van der Waals surface area contributed by atoms with Crippen LogP contribution in [0.2, 0.25) is 0 Å². The van der Waals surface area contributed by atoms with Crippen molar-refractivity contribution in [3.63, 3.8) is 0 Å². The minimum Gasteiger partial charge on any atom is -0.395 e. The molecule has 0 radical (unpaired) electrons. The van der Waals surface area contributed by atoms with Gasteiger partial charge in [0, 0.05) is 6.54 Å². The summed E-state index contributed by atoms with van der Waals surface area (Å²) in [6.45, 7) is -0.0135. The molecule has 0 saturated carbocycles. The fourth-order valence-corrected chi connectivity index (χ4v) is 3.39. The zero-order chi connectivity index (χ0) is 22.1. The van der Waals surface area contributed by atoms with E-state index in [1.165, 1.54) is 0 Å². The Morgan fingerprint density at radius 3 is 1.97 bits per heavy atom. The van der Waals surface area contributed by atoms with Gasteiger partial charge in [0.25, 0.3) is 5.91 Å². The average molecular weight is 434 g/mol. The van der Waals surface area contributed by atoms with Crippen LogP contribution in [-0.4, -0.2) is 35.2 Å². The van der Waals surface area contributed by atoms with Crippen LogP contribution in [0.1, 0.15) is 27.4 Å². The number of amides is 2. The Hall–Kier alpha value is -3.55. The molecule has 4 N–H and O–H groups in total. The molecule has 0 fully saturated rings. The molecule has 6 nitrogen and oxygen atoms in total. The van der Waals surface area contributed by atoms with Crippen molar-refractivity contribution in [2.75, 3.05) is 18.5 Å². The number of rotatable bonds is 7. The van der Waals surface area contributed by atoms with E-state index < -0.39 is 5.92 Å². The van der Waals surface area contributed by atoms with E-state index in [4.69, 9.17) is 17.3 Å². The molecule has 0 atom stereocenters. The third-order valence-electron chi connectivity index (χ3n) is 4.58. The molecule has 0 aliphatic heterocycles. The molecule has 158 valence electrons. The summed E-state index contributed by atoms with van der Waals surface area (Å²) in [4.78, 5) is 25.5. The Bertz CT molecular complexity index is 1000. The second-order valence-electron chi connectivity index (χ2n) is 6.72. The van der Waals surface area contributed by atoms with Gasteiger partial charge in [-0.3, -0.25) is 9.59 Å². The first kappa shape index (κ1) is 22.1. The van der Waals surface area contributed by atoms with E-state index in [1.54, 1.807) is 24.3 Å². The Balaban J connectivity index is 1.77. The van der Waals surface area contributed by atoms with Crippen molar-refractivity contribution in [2.45, 2.75) is 5.92 Å². The lowest BCUT2D eigenvalue weighted by molar-refractivity contribution is -0.120. The molecule has 3 rings (SSSR count). The highest BCUT2D eigenvalue weighted by Gasteiger charge is 2.23. The minimum absolute atomic E-state index is 0.0873. The number of carbonyl (C=O) groups excluding carboxylic acids is 2. The highest BCUT2D eigenvalue weighted by molar-refractivity contribution is 7.80. The maximum Gasteiger partial charge on any atom is 0.253 e. The summed E-state index contributed by atoms with van der Waals surface area (Å²) in [6.07, 6.45) is 0. The van der Waals surface area contributed by atoms with Crippen LogP contribution >= 0.6 is 12.2 Å². The van der Waals surface area contributed by atoms with Gasteiger partial charge >= 0.3 is 0 Å². The van der Waals surface area contributed by atoms with Crippen LogP contribution in [0.15, 0.2) is 84.9 Å². The standard InChI is InChI=1S/C24H23N3O3S/c28-16-15-25-22(29)19-13-7-8-14-20(19)26-24(31)27-23(30)21(17-9-3-1-4-10-17)18-11-5-2-6-12-18/h1-14,21,28H,15-16H2,(H,25,29)(H2,26,27,30,31). The van der Waals surface area contributed by atoms with Crippen LogP contribution in [0, 0.1) is 0 Å². The lowest BCUT2D eigenvalue weighted by atomic mass is 9.90. The van der Waals surface area contributed by atoms with E-state index in [1.807, 2.05) is 60.7 Å². The zero-order valence-corrected chi connectivity index (χ0v) is 17.6. The van der Waals surface area contributed by atoms with Crippen molar-refractivity contribution in [2.24, 2.45) is 0 Å². The van der Waals surface area contributed by atoms with Gasteiger partial charge in [0.2, 0.25) is 5.91 Å². The van der Waals surface area contributed by atoms with Crippen LogP contribution in [0.5, 0.6) is 0 Å². The average Bonchev–Trinajstić information content (AvgIpc) is 2.79. The molecule has 0 heterocycles. The fraction of sp³-hybridized carbons (Fsp3) is 0.125. The van der Waals surface area contributed by atoms with Crippen LogP contribution in [0.4, 0.5) is 5.69 Å². The van der Waals surface area contributed by atoms with Gasteiger partial charge in [0.05, 0.1) is 23.8 Å². The Labute approximate surface area is 186 Å². The molecule has 0 unspecified atom stereocenters. The number of thiocarbonyl (C=S) groups is 1. The molecule has 0 aromatic heterocycles. The van der Waals surface area contributed by atoms with Gasteiger partial charge in [0.1, 0.15) is 0 Å². The monoisotopic (exact) mass is 433 g/mol. The maximum absolute atomic E-state index is 13.2. The Morgan fingerprint density at radius 2 is 1.39 bits per heavy atom. The fourth-order valence-electron chi connectivity index (χ4n) is 3.18. The summed E-state index contributed by atoms with van der Waals surface area (Å²) in [5.41, 5.74) is 2.50. The van der Waals surface area contributed by atoms with Gasteiger partial charge in [-0.25, -0.2) is 0 Å². The van der Waals surface area contributed by atoms with Crippen molar-refractivity contribution < 1.29 is 14.7 Å². The molecule has 2 amide bonds. The van der Waals surface area contributed by atoms with Crippen molar-refractivity contribution in [1.29, 1.82) is 0 Å². The van der Waals surface area contributed by atoms with Gasteiger partial charge in [0.15, 0.2) is 5.11 Å². The largest absolute Gasteiger partial charge is 0.395 e. The molecule has 0 saturated heterocycles. The lowest BCUT2D eigenvalue weighted by Crippen LogP contribution is -2.38. The first-order valence-corrected chi connectivity index (χ1v) is 10.2. The van der Waals surface area contributed by atoms with Crippen LogP contribution in [0.3, 0.4) is 0 Å². The number of carbonyl (C=O) groups is 2. The first-order chi connectivity index (χ1) is 15.1. The summed E-state index contributed by atoms with van der Waals surface area (Å²) in [5, 5.41) is 17.3. The quantitative estimate of drug-likeness (QED) is 0.430. The predicted molar refractivity (Wildman–Crippen MR) is 125 cm³/mol. The maximum atomic E-state index is 13.2. The smallest absolute Gasteiger partial charge is 0.253 e. The number of aliphatic hydroxyl groups excluding tert-OH is 1. The molecular formula is C24H23N3O3S. The summed E-state index contributed by atoms with van der Waals surface area (Å²) < 4.78 is 0. The minimum atomic E-state index is -0.537. The van der Waals surface area contributed by atoms with Gasteiger partial charge in [-0.15, -0.1) is 0 Å². The number of nitrogens with one attached hydrogen (secondary N) is 3. The number of anilines is 1. The van der Waals surface area contributed by atoms with Crippen LogP contribution in [-0.2, 0) is 4.79 Å². The molecule has 0 bridgehead atoms. The SMILES string of the molecule is O=C(NCCO)c1ccccc1NC(=S)NC(=O)C(c1ccccc1)c1ccccc1. The summed E-state index contributed by atoms with van der Waals surface area (Å²) in [5.74, 6) is -1.17. The van der Waals surface area contributed by atoms with Gasteiger partial charge in [-0.05, 0) is 35.5 Å². The molecule has 31 heavy (non-hydrogen) atoms. The van der Waals surface area contributed by atoms with Crippen LogP contribution < -0.4 is 16.0 Å². The van der Waals surface area contributed by atoms with Crippen molar-refractivity contribution in [1.82, 2.24) is 10.6 Å². The molecular weight excluding hydrogens is 410 g/mol. The highest BCUT2D eigenvalue weighted by Crippen LogP contribution is 2.25. The second kappa shape index (κ2) is 11.0. The van der Waals surface area contributed by atoms with Gasteiger partial charge in [-0.1, -0.05) is 72.8 Å². The molecule has 3 aromatic carbocycles. The Kier molecular flexibility index (Phi) is 7.86. The summed E-state index contributed by atoms with van der Waals surface area (Å²) >= 11 is 5.35. The number of hydrogen-bond acceptors (Lipinski definition) is 4. The lowest BCUT2D eigenvalue weighted by Gasteiger charge is -2.19. The van der Waals surface area contributed by atoms with E-state index in [2.05, 4.69) is 16.0 Å². The Morgan fingerprint density at radius 1 is 0.839 bits per heavy atom. The number of benzene rings is 3. The number of para-hydroxylation sites is 1. The number of hydrogen-bond donors (Lipinski definition) is 4. The molecule has 0 spiro atoms. The topological polar surface area (TPSA) is 90.5 Å². The van der Waals surface area contributed by atoms with Crippen LogP contribution in [0.25, 0.3) is 0 Å². The molecule has 7 heteroatoms. The second-order valence-corrected chi connectivity index (χ2v) is 7.13. The third kappa shape index (κ3) is 5.97. The van der Waals surface area contributed by atoms with Crippen molar-refractivity contribution in [3.05, 3.63) is 102 Å². The van der Waals surface area contributed by atoms with E-state index in [-0.39, 0.29) is 30.1 Å². The molecule has 0 aliphatic rings. The zero-order valence-electron chi connectivity index (χ0n) is 16.7. The van der Waals surface area contributed by atoms with Gasteiger partial charge in [-0.2, -0.15) is 0 Å². The van der Waals surface area contributed by atoms with Crippen molar-refractivity contribution >= 4 is 34.8 Å². The van der Waals surface area contributed by atoms with E-state index >= 15 is 0 Å². The van der Waals surface area contributed by atoms with Gasteiger partial charge < -0.3 is 21.1 Å². The molecule has 3 aromatic rings. The first-order valence-electron chi connectivity index (χ1n) is 9.80. The molecule has 0 aliphatic carbocycles. The predicted octanol–water partition coefficient (Wildman–Crippen LogP) is 3.05. The third-order valence-corrected chi connectivity index (χ3v) is 4.79. The van der Waals surface area contributed by atoms with E-state index in [0.29, 0.717) is 11.3 Å². The summed E-state index contributed by atoms with van der Waals surface area (Å²) in [7, 11) is 0. The summed E-state index contributed by atoms with van der Waals surface area (Å²) in [6, 6.07) is 25.7. The van der Waals surface area contributed by atoms with E-state index in [0.717, 1.165) is 11.1 Å². The number of aliphatic hydroxyl groups is 1. The highest BCUT2D eigenvalue weighted by atomic mass is 32.1. The van der Waals surface area contributed by atoms with E-state index in [9.17, 15) is 9.59 Å². The van der Waals surface area contributed by atoms with Crippen molar-refractivity contribution in [3.8, 4) is 0 Å². The normalized spacial score (nSPS) is 10.4.